The van der Waals surface area contributed by atoms with Crippen LogP contribution in [0.1, 0.15) is 26.7 Å². The average molecular weight is 490 g/mol. The largest absolute Gasteiger partial charge is 0.508 e. The zero-order valence-electron chi connectivity index (χ0n) is 20.1. The van der Waals surface area contributed by atoms with E-state index in [0.717, 1.165) is 44.5 Å². The molecule has 3 aromatic carbocycles. The second-order valence-electron chi connectivity index (χ2n) is 9.28. The molecule has 1 aliphatic heterocycles. The van der Waals surface area contributed by atoms with Gasteiger partial charge in [-0.1, -0.05) is 13.3 Å². The van der Waals surface area contributed by atoms with Crippen molar-refractivity contribution >= 4 is 21.4 Å². The zero-order chi connectivity index (χ0) is 24.4. The SMILES string of the molecule is CC[C@@H]1CCN([C@@H](C)COc2ccc(Oc3c(-c4ccc(O)cc4)sc4cc(O)ccc34)cc2)C1. The van der Waals surface area contributed by atoms with Crippen LogP contribution in [0.5, 0.6) is 28.7 Å². The maximum absolute atomic E-state index is 9.96. The Bertz CT molecular complexity index is 1280. The number of nitrogens with zero attached hydrogens (tertiary/aromatic N) is 1. The van der Waals surface area contributed by atoms with Crippen molar-refractivity contribution in [2.45, 2.75) is 32.7 Å². The van der Waals surface area contributed by atoms with Gasteiger partial charge in [0.2, 0.25) is 0 Å². The van der Waals surface area contributed by atoms with Gasteiger partial charge >= 0.3 is 0 Å². The van der Waals surface area contributed by atoms with Crippen LogP contribution in [0.3, 0.4) is 0 Å². The van der Waals surface area contributed by atoms with E-state index in [1.165, 1.54) is 19.4 Å². The summed E-state index contributed by atoms with van der Waals surface area (Å²) in [6.07, 6.45) is 2.54. The summed E-state index contributed by atoms with van der Waals surface area (Å²) < 4.78 is 13.4. The van der Waals surface area contributed by atoms with Gasteiger partial charge in [0.25, 0.3) is 0 Å². The van der Waals surface area contributed by atoms with Crippen LogP contribution < -0.4 is 9.47 Å². The number of phenols is 2. The summed E-state index contributed by atoms with van der Waals surface area (Å²) in [5.74, 6) is 3.53. The summed E-state index contributed by atoms with van der Waals surface area (Å²) in [4.78, 5) is 3.46. The van der Waals surface area contributed by atoms with Gasteiger partial charge in [-0.15, -0.1) is 11.3 Å². The van der Waals surface area contributed by atoms with E-state index in [4.69, 9.17) is 9.47 Å². The molecule has 0 unspecified atom stereocenters. The highest BCUT2D eigenvalue weighted by Gasteiger charge is 2.25. The standard InChI is InChI=1S/C29H31NO4S/c1-3-20-14-15-30(17-20)19(2)18-33-24-9-11-25(12-10-24)34-28-26-13-8-23(32)16-27(26)35-29(28)21-4-6-22(31)7-5-21/h4-13,16,19-20,31-32H,3,14-15,17-18H2,1-2H3/t19-,20+/m0/s1. The van der Waals surface area contributed by atoms with Gasteiger partial charge in [0.05, 0.1) is 4.88 Å². The first-order valence-electron chi connectivity index (χ1n) is 12.2. The smallest absolute Gasteiger partial charge is 0.153 e. The van der Waals surface area contributed by atoms with E-state index in [1.807, 2.05) is 42.5 Å². The Morgan fingerprint density at radius 3 is 2.40 bits per heavy atom. The van der Waals surface area contributed by atoms with Crippen molar-refractivity contribution in [2.75, 3.05) is 19.7 Å². The molecule has 0 radical (unpaired) electrons. The molecule has 35 heavy (non-hydrogen) atoms. The van der Waals surface area contributed by atoms with Crippen LogP contribution in [0.4, 0.5) is 0 Å². The first-order chi connectivity index (χ1) is 17.0. The van der Waals surface area contributed by atoms with E-state index in [2.05, 4.69) is 18.7 Å². The number of phenolic OH excluding ortho intramolecular Hbond substituents is 2. The molecule has 4 aromatic rings. The Morgan fingerprint density at radius 2 is 1.69 bits per heavy atom. The van der Waals surface area contributed by atoms with Crippen molar-refractivity contribution in [3.8, 4) is 39.2 Å². The van der Waals surface area contributed by atoms with Gasteiger partial charge in [0.1, 0.15) is 29.6 Å². The third-order valence-electron chi connectivity index (χ3n) is 6.81. The van der Waals surface area contributed by atoms with Crippen molar-refractivity contribution < 1.29 is 19.7 Å². The molecule has 0 aliphatic carbocycles. The molecule has 2 atom stereocenters. The van der Waals surface area contributed by atoms with E-state index in [9.17, 15) is 10.2 Å². The van der Waals surface area contributed by atoms with Crippen molar-refractivity contribution in [3.63, 3.8) is 0 Å². The zero-order valence-corrected chi connectivity index (χ0v) is 20.9. The summed E-state index contributed by atoms with van der Waals surface area (Å²) >= 11 is 1.55. The molecule has 2 N–H and O–H groups in total. The molecule has 5 nitrogen and oxygen atoms in total. The molecule has 2 heterocycles. The first kappa shape index (κ1) is 23.5. The van der Waals surface area contributed by atoms with Gasteiger partial charge < -0.3 is 19.7 Å². The number of hydrogen-bond acceptors (Lipinski definition) is 6. The van der Waals surface area contributed by atoms with E-state index in [-0.39, 0.29) is 11.5 Å². The lowest BCUT2D eigenvalue weighted by Crippen LogP contribution is -2.35. The van der Waals surface area contributed by atoms with Crippen LogP contribution in [0, 0.1) is 5.92 Å². The lowest BCUT2D eigenvalue weighted by Gasteiger charge is -2.24. The predicted octanol–water partition coefficient (Wildman–Crippen LogP) is 7.27. The second-order valence-corrected chi connectivity index (χ2v) is 10.3. The molecule has 1 aromatic heterocycles. The minimum Gasteiger partial charge on any atom is -0.508 e. The number of thiophene rings is 1. The first-order valence-corrected chi connectivity index (χ1v) is 13.0. The van der Waals surface area contributed by atoms with Crippen molar-refractivity contribution in [3.05, 3.63) is 66.7 Å². The maximum Gasteiger partial charge on any atom is 0.153 e. The van der Waals surface area contributed by atoms with Gasteiger partial charge in [-0.3, -0.25) is 4.90 Å². The number of fused-ring (bicyclic) bond motifs is 1. The van der Waals surface area contributed by atoms with Gasteiger partial charge in [-0.05, 0) is 98.1 Å². The Labute approximate surface area is 210 Å². The van der Waals surface area contributed by atoms with Crippen LogP contribution >= 0.6 is 11.3 Å². The normalized spacial score (nSPS) is 17.0. The van der Waals surface area contributed by atoms with E-state index in [1.54, 1.807) is 35.6 Å². The predicted molar refractivity (Wildman–Crippen MR) is 142 cm³/mol. The monoisotopic (exact) mass is 489 g/mol. The molecular formula is C29H31NO4S. The molecule has 1 saturated heterocycles. The fourth-order valence-corrected chi connectivity index (χ4v) is 5.77. The topological polar surface area (TPSA) is 62.2 Å². The van der Waals surface area contributed by atoms with E-state index in [0.29, 0.717) is 18.4 Å². The quantitative estimate of drug-likeness (QED) is 0.272. The van der Waals surface area contributed by atoms with Gasteiger partial charge in [0, 0.05) is 22.7 Å². The summed E-state index contributed by atoms with van der Waals surface area (Å²) in [5.41, 5.74) is 0.944. The Hall–Kier alpha value is -3.22. The fourth-order valence-electron chi connectivity index (χ4n) is 4.61. The second kappa shape index (κ2) is 10.2. The maximum atomic E-state index is 9.96. The van der Waals surface area contributed by atoms with Crippen LogP contribution in [0.15, 0.2) is 66.7 Å². The number of ether oxygens (including phenoxy) is 2. The molecule has 0 saturated carbocycles. The summed E-state index contributed by atoms with van der Waals surface area (Å²) in [6, 6.07) is 20.5. The summed E-state index contributed by atoms with van der Waals surface area (Å²) in [5, 5.41) is 20.6. The summed E-state index contributed by atoms with van der Waals surface area (Å²) in [6.45, 7) is 7.50. The van der Waals surface area contributed by atoms with E-state index >= 15 is 0 Å². The molecular weight excluding hydrogens is 458 g/mol. The number of likely N-dealkylation sites (tertiary alicyclic amines) is 1. The lowest BCUT2D eigenvalue weighted by atomic mass is 10.1. The molecule has 0 spiro atoms. The molecule has 1 fully saturated rings. The molecule has 5 rings (SSSR count). The van der Waals surface area contributed by atoms with Crippen LogP contribution in [-0.2, 0) is 0 Å². The molecule has 182 valence electrons. The average Bonchev–Trinajstić information content (AvgIpc) is 3.49. The third-order valence-corrected chi connectivity index (χ3v) is 7.99. The van der Waals surface area contributed by atoms with Gasteiger partial charge in [0.15, 0.2) is 5.75 Å². The highest BCUT2D eigenvalue weighted by Crippen LogP contribution is 2.47. The lowest BCUT2D eigenvalue weighted by molar-refractivity contribution is 0.168. The number of rotatable bonds is 8. The Balaban J connectivity index is 1.32. The highest BCUT2D eigenvalue weighted by atomic mass is 32.1. The van der Waals surface area contributed by atoms with Crippen molar-refractivity contribution in [1.82, 2.24) is 4.90 Å². The van der Waals surface area contributed by atoms with Crippen LogP contribution in [0.2, 0.25) is 0 Å². The highest BCUT2D eigenvalue weighted by molar-refractivity contribution is 7.22. The fraction of sp³-hybridized carbons (Fsp3) is 0.310. The number of aromatic hydroxyl groups is 2. The third kappa shape index (κ3) is 5.24. The van der Waals surface area contributed by atoms with Crippen molar-refractivity contribution in [2.24, 2.45) is 5.92 Å². The number of benzene rings is 3. The Kier molecular flexibility index (Phi) is 6.84. The molecule has 0 bridgehead atoms. The van der Waals surface area contributed by atoms with Gasteiger partial charge in [-0.2, -0.15) is 0 Å². The van der Waals surface area contributed by atoms with Gasteiger partial charge in [-0.25, -0.2) is 0 Å². The van der Waals surface area contributed by atoms with Crippen molar-refractivity contribution in [1.29, 1.82) is 0 Å². The molecule has 6 heteroatoms. The number of hydrogen-bond donors (Lipinski definition) is 2. The van der Waals surface area contributed by atoms with E-state index < -0.39 is 0 Å². The summed E-state index contributed by atoms with van der Waals surface area (Å²) in [7, 11) is 0. The minimum absolute atomic E-state index is 0.217. The Morgan fingerprint density at radius 1 is 0.971 bits per heavy atom. The van der Waals surface area contributed by atoms with Crippen LogP contribution in [0.25, 0.3) is 20.5 Å². The molecule has 0 amide bonds. The van der Waals surface area contributed by atoms with Crippen LogP contribution in [-0.4, -0.2) is 40.9 Å². The minimum atomic E-state index is 0.217. The molecule has 1 aliphatic rings.